The van der Waals surface area contributed by atoms with E-state index in [4.69, 9.17) is 5.73 Å². The third-order valence-corrected chi connectivity index (χ3v) is 2.42. The molecule has 0 saturated carbocycles. The van der Waals surface area contributed by atoms with Crippen LogP contribution in [0.25, 0.3) is 0 Å². The zero-order valence-corrected chi connectivity index (χ0v) is 11.8. The first-order valence-electron chi connectivity index (χ1n) is 5.96. The standard InChI is InChI=1S/C13H24N4/c1-9-7-15-11(14)16-10(9)17-13(5,6)8-12(2,3)4/h7H,8H2,1-6H3,(H3,14,15,16,17). The lowest BCUT2D eigenvalue weighted by Crippen LogP contribution is -2.36. The van der Waals surface area contributed by atoms with Crippen LogP contribution in [-0.4, -0.2) is 15.5 Å². The Kier molecular flexibility index (Phi) is 3.65. The summed E-state index contributed by atoms with van der Waals surface area (Å²) >= 11 is 0. The molecule has 0 aliphatic rings. The lowest BCUT2D eigenvalue weighted by Gasteiger charge is -2.34. The van der Waals surface area contributed by atoms with Gasteiger partial charge in [-0.2, -0.15) is 4.98 Å². The fourth-order valence-corrected chi connectivity index (χ4v) is 2.27. The van der Waals surface area contributed by atoms with E-state index in [9.17, 15) is 0 Å². The summed E-state index contributed by atoms with van der Waals surface area (Å²) in [4.78, 5) is 8.21. The van der Waals surface area contributed by atoms with Crippen LogP contribution in [0.3, 0.4) is 0 Å². The lowest BCUT2D eigenvalue weighted by atomic mass is 9.82. The van der Waals surface area contributed by atoms with Gasteiger partial charge in [-0.05, 0) is 32.6 Å². The van der Waals surface area contributed by atoms with Gasteiger partial charge >= 0.3 is 0 Å². The molecule has 0 aromatic carbocycles. The Bertz CT molecular complexity index is 391. The van der Waals surface area contributed by atoms with Gasteiger partial charge in [0, 0.05) is 17.3 Å². The number of nitrogens with one attached hydrogen (secondary N) is 1. The van der Waals surface area contributed by atoms with Crippen molar-refractivity contribution in [2.24, 2.45) is 5.41 Å². The summed E-state index contributed by atoms with van der Waals surface area (Å²) in [6.45, 7) is 13.0. The van der Waals surface area contributed by atoms with Crippen LogP contribution in [0.4, 0.5) is 11.8 Å². The molecule has 0 atom stereocenters. The van der Waals surface area contributed by atoms with Crippen molar-refractivity contribution >= 4 is 11.8 Å². The SMILES string of the molecule is Cc1cnc(N)nc1NC(C)(C)CC(C)(C)C. The Labute approximate surface area is 104 Å². The molecule has 4 nitrogen and oxygen atoms in total. The van der Waals surface area contributed by atoms with Crippen molar-refractivity contribution in [1.82, 2.24) is 9.97 Å². The lowest BCUT2D eigenvalue weighted by molar-refractivity contribution is 0.302. The third-order valence-electron chi connectivity index (χ3n) is 2.42. The molecule has 1 heterocycles. The molecule has 1 rings (SSSR count). The van der Waals surface area contributed by atoms with Crippen LogP contribution in [0.5, 0.6) is 0 Å². The number of aryl methyl sites for hydroxylation is 1. The first-order valence-corrected chi connectivity index (χ1v) is 5.96. The molecule has 0 saturated heterocycles. The summed E-state index contributed by atoms with van der Waals surface area (Å²) < 4.78 is 0. The van der Waals surface area contributed by atoms with Crippen molar-refractivity contribution in [3.8, 4) is 0 Å². The summed E-state index contributed by atoms with van der Waals surface area (Å²) in [5.41, 5.74) is 6.87. The Hall–Kier alpha value is -1.32. The molecule has 4 heteroatoms. The fourth-order valence-electron chi connectivity index (χ4n) is 2.27. The summed E-state index contributed by atoms with van der Waals surface area (Å²) in [6.07, 6.45) is 2.79. The molecule has 17 heavy (non-hydrogen) atoms. The van der Waals surface area contributed by atoms with Crippen molar-refractivity contribution in [1.29, 1.82) is 0 Å². The highest BCUT2D eigenvalue weighted by molar-refractivity contribution is 5.46. The quantitative estimate of drug-likeness (QED) is 0.846. The average Bonchev–Trinajstić information content (AvgIpc) is 2.06. The minimum Gasteiger partial charge on any atom is -0.368 e. The normalized spacial score (nSPS) is 12.6. The van der Waals surface area contributed by atoms with Gasteiger partial charge in [0.1, 0.15) is 5.82 Å². The fraction of sp³-hybridized carbons (Fsp3) is 0.692. The zero-order valence-electron chi connectivity index (χ0n) is 11.8. The predicted molar refractivity (Wildman–Crippen MR) is 73.0 cm³/mol. The van der Waals surface area contributed by atoms with Crippen LogP contribution in [0.1, 0.15) is 46.6 Å². The molecule has 0 bridgehead atoms. The van der Waals surface area contributed by atoms with E-state index in [0.29, 0.717) is 5.95 Å². The predicted octanol–water partition coefficient (Wildman–Crippen LogP) is 2.99. The van der Waals surface area contributed by atoms with Gasteiger partial charge in [0.25, 0.3) is 0 Å². The minimum absolute atomic E-state index is 0.0240. The molecule has 0 aliphatic carbocycles. The third kappa shape index (κ3) is 4.59. The van der Waals surface area contributed by atoms with Crippen LogP contribution in [-0.2, 0) is 0 Å². The highest BCUT2D eigenvalue weighted by Gasteiger charge is 2.26. The van der Waals surface area contributed by atoms with Crippen LogP contribution in [0.15, 0.2) is 6.20 Å². The van der Waals surface area contributed by atoms with E-state index >= 15 is 0 Å². The smallest absolute Gasteiger partial charge is 0.221 e. The number of nitrogens with zero attached hydrogens (tertiary/aromatic N) is 2. The molecule has 3 N–H and O–H groups in total. The molecular weight excluding hydrogens is 212 g/mol. The Morgan fingerprint density at radius 1 is 1.24 bits per heavy atom. The number of hydrogen-bond donors (Lipinski definition) is 2. The molecule has 1 aromatic heterocycles. The second-order valence-corrected chi connectivity index (χ2v) is 6.51. The molecule has 0 amide bonds. The van der Waals surface area contributed by atoms with Crippen LogP contribution >= 0.6 is 0 Å². The molecule has 1 aromatic rings. The minimum atomic E-state index is -0.0240. The number of hydrogen-bond acceptors (Lipinski definition) is 4. The van der Waals surface area contributed by atoms with E-state index in [1.54, 1.807) is 6.20 Å². The van der Waals surface area contributed by atoms with Gasteiger partial charge in [0.05, 0.1) is 0 Å². The largest absolute Gasteiger partial charge is 0.368 e. The molecular formula is C13H24N4. The van der Waals surface area contributed by atoms with Gasteiger partial charge in [-0.15, -0.1) is 0 Å². The molecule has 0 fully saturated rings. The van der Waals surface area contributed by atoms with E-state index in [-0.39, 0.29) is 11.0 Å². The Balaban J connectivity index is 2.86. The summed E-state index contributed by atoms with van der Waals surface area (Å²) in [5, 5.41) is 3.45. The Morgan fingerprint density at radius 3 is 2.35 bits per heavy atom. The number of nitrogens with two attached hydrogens (primary N) is 1. The maximum Gasteiger partial charge on any atom is 0.221 e. The maximum absolute atomic E-state index is 5.61. The second-order valence-electron chi connectivity index (χ2n) is 6.51. The van der Waals surface area contributed by atoms with Gasteiger partial charge < -0.3 is 11.1 Å². The monoisotopic (exact) mass is 236 g/mol. The van der Waals surface area contributed by atoms with Gasteiger partial charge in [-0.3, -0.25) is 0 Å². The number of rotatable bonds is 3. The highest BCUT2D eigenvalue weighted by atomic mass is 15.1. The van der Waals surface area contributed by atoms with Crippen LogP contribution in [0.2, 0.25) is 0 Å². The van der Waals surface area contributed by atoms with E-state index in [1.807, 2.05) is 6.92 Å². The van der Waals surface area contributed by atoms with E-state index in [2.05, 4.69) is 49.9 Å². The number of aromatic nitrogens is 2. The van der Waals surface area contributed by atoms with Gasteiger partial charge in [0.15, 0.2) is 0 Å². The van der Waals surface area contributed by atoms with E-state index < -0.39 is 0 Å². The highest BCUT2D eigenvalue weighted by Crippen LogP contribution is 2.29. The number of nitrogen functional groups attached to an aromatic ring is 1. The van der Waals surface area contributed by atoms with Crippen molar-refractivity contribution in [3.63, 3.8) is 0 Å². The van der Waals surface area contributed by atoms with Crippen LogP contribution in [0, 0.1) is 12.3 Å². The van der Waals surface area contributed by atoms with Crippen molar-refractivity contribution < 1.29 is 0 Å². The molecule has 0 unspecified atom stereocenters. The first-order chi connectivity index (χ1) is 7.59. The Morgan fingerprint density at radius 2 is 1.82 bits per heavy atom. The maximum atomic E-state index is 5.61. The molecule has 96 valence electrons. The average molecular weight is 236 g/mol. The van der Waals surface area contributed by atoms with E-state index in [1.165, 1.54) is 0 Å². The molecule has 0 radical (unpaired) electrons. The zero-order chi connectivity index (χ0) is 13.3. The molecule has 0 aliphatic heterocycles. The summed E-state index contributed by atoms with van der Waals surface area (Å²) in [6, 6.07) is 0. The van der Waals surface area contributed by atoms with Gasteiger partial charge in [-0.1, -0.05) is 20.8 Å². The second kappa shape index (κ2) is 4.51. The van der Waals surface area contributed by atoms with E-state index in [0.717, 1.165) is 17.8 Å². The summed E-state index contributed by atoms with van der Waals surface area (Å²) in [5.74, 6) is 1.14. The first kappa shape index (κ1) is 13.7. The summed E-state index contributed by atoms with van der Waals surface area (Å²) in [7, 11) is 0. The topological polar surface area (TPSA) is 63.8 Å². The van der Waals surface area contributed by atoms with Crippen LogP contribution < -0.4 is 11.1 Å². The van der Waals surface area contributed by atoms with Gasteiger partial charge in [-0.25, -0.2) is 4.98 Å². The molecule has 0 spiro atoms. The number of anilines is 2. The van der Waals surface area contributed by atoms with Gasteiger partial charge in [0.2, 0.25) is 5.95 Å². The van der Waals surface area contributed by atoms with Crippen molar-refractivity contribution in [3.05, 3.63) is 11.8 Å². The van der Waals surface area contributed by atoms with Crippen molar-refractivity contribution in [2.45, 2.75) is 53.5 Å². The van der Waals surface area contributed by atoms with Crippen molar-refractivity contribution in [2.75, 3.05) is 11.1 Å².